The molecule has 0 saturated carbocycles. The predicted molar refractivity (Wildman–Crippen MR) is 96.3 cm³/mol. The summed E-state index contributed by atoms with van der Waals surface area (Å²) in [6, 6.07) is 9.54. The lowest BCUT2D eigenvalue weighted by Gasteiger charge is -2.26. The second-order valence-electron chi connectivity index (χ2n) is 5.72. The quantitative estimate of drug-likeness (QED) is 0.845. The summed E-state index contributed by atoms with van der Waals surface area (Å²) in [7, 11) is -3.52. The molecule has 1 saturated heterocycles. The van der Waals surface area contributed by atoms with E-state index in [-0.39, 0.29) is 23.3 Å². The molecule has 1 atom stereocenters. The smallest absolute Gasteiger partial charge is 0.246 e. The molecule has 8 heteroatoms. The summed E-state index contributed by atoms with van der Waals surface area (Å²) in [5.74, 6) is 0. The number of rotatable bonds is 6. The Morgan fingerprint density at radius 3 is 2.71 bits per heavy atom. The van der Waals surface area contributed by atoms with Crippen molar-refractivity contribution in [2.75, 3.05) is 19.6 Å². The fourth-order valence-corrected chi connectivity index (χ4v) is 4.58. The number of sulfonamides is 1. The molecular formula is C16H23ClN4O2S. The third kappa shape index (κ3) is 3.80. The second-order valence-corrected chi connectivity index (χ2v) is 7.61. The Hall–Kier alpha value is -1.41. The van der Waals surface area contributed by atoms with Gasteiger partial charge in [-0.25, -0.2) is 13.1 Å². The molecule has 1 N–H and O–H groups in total. The molecule has 1 aliphatic rings. The Bertz CT molecular complexity index is 742. The molecule has 1 unspecified atom stereocenters. The number of benzene rings is 1. The van der Waals surface area contributed by atoms with Crippen LogP contribution in [0.25, 0.3) is 5.69 Å². The monoisotopic (exact) mass is 370 g/mol. The van der Waals surface area contributed by atoms with Gasteiger partial charge in [0.1, 0.15) is 4.90 Å². The van der Waals surface area contributed by atoms with Crippen LogP contribution >= 0.6 is 12.4 Å². The fourth-order valence-electron chi connectivity index (χ4n) is 2.90. The summed E-state index contributed by atoms with van der Waals surface area (Å²) in [5, 5.41) is 7.46. The molecule has 3 rings (SSSR count). The Labute approximate surface area is 149 Å². The molecule has 1 aliphatic heterocycles. The molecule has 0 radical (unpaired) electrons. The highest BCUT2D eigenvalue weighted by Crippen LogP contribution is 2.22. The summed E-state index contributed by atoms with van der Waals surface area (Å²) in [6.45, 7) is 4.11. The van der Waals surface area contributed by atoms with Crippen molar-refractivity contribution in [3.63, 3.8) is 0 Å². The third-order valence-electron chi connectivity index (χ3n) is 4.07. The minimum atomic E-state index is -3.52. The van der Waals surface area contributed by atoms with Crippen LogP contribution in [-0.4, -0.2) is 48.2 Å². The Kier molecular flexibility index (Phi) is 6.40. The zero-order valence-corrected chi connectivity index (χ0v) is 15.3. The standard InChI is InChI=1S/C16H22N4O2S.ClH/c1-2-10-20(15-8-9-17-11-15)23(21,22)16-12-18-19(13-16)14-6-4-3-5-7-14;/h3-7,12-13,15,17H,2,8-11H2,1H3;1H. The minimum Gasteiger partial charge on any atom is -0.315 e. The minimum absolute atomic E-state index is 0. The molecule has 24 heavy (non-hydrogen) atoms. The predicted octanol–water partition coefficient (Wildman–Crippen LogP) is 2.06. The molecule has 1 aromatic carbocycles. The van der Waals surface area contributed by atoms with Crippen molar-refractivity contribution >= 4 is 22.4 Å². The Balaban J connectivity index is 0.00000208. The van der Waals surface area contributed by atoms with Crippen molar-refractivity contribution in [1.82, 2.24) is 19.4 Å². The lowest BCUT2D eigenvalue weighted by atomic mass is 10.2. The van der Waals surface area contributed by atoms with Crippen molar-refractivity contribution in [2.45, 2.75) is 30.7 Å². The van der Waals surface area contributed by atoms with Crippen LogP contribution in [0.1, 0.15) is 19.8 Å². The van der Waals surface area contributed by atoms with Crippen LogP contribution in [0.4, 0.5) is 0 Å². The average Bonchev–Trinajstić information content (AvgIpc) is 3.25. The van der Waals surface area contributed by atoms with Gasteiger partial charge >= 0.3 is 0 Å². The van der Waals surface area contributed by atoms with Gasteiger partial charge in [0.2, 0.25) is 10.0 Å². The molecule has 0 amide bonds. The van der Waals surface area contributed by atoms with Gasteiger partial charge in [0.05, 0.1) is 18.1 Å². The van der Waals surface area contributed by atoms with Crippen LogP contribution in [0, 0.1) is 0 Å². The zero-order valence-electron chi connectivity index (χ0n) is 13.6. The normalized spacial score (nSPS) is 17.8. The van der Waals surface area contributed by atoms with Crippen LogP contribution in [0.2, 0.25) is 0 Å². The van der Waals surface area contributed by atoms with Crippen molar-refractivity contribution in [3.05, 3.63) is 42.7 Å². The highest BCUT2D eigenvalue weighted by molar-refractivity contribution is 7.89. The maximum atomic E-state index is 13.0. The Morgan fingerprint density at radius 1 is 1.33 bits per heavy atom. The van der Waals surface area contributed by atoms with Crippen molar-refractivity contribution in [2.24, 2.45) is 0 Å². The van der Waals surface area contributed by atoms with E-state index in [0.29, 0.717) is 13.1 Å². The number of nitrogens with one attached hydrogen (secondary N) is 1. The number of nitrogens with zero attached hydrogens (tertiary/aromatic N) is 3. The van der Waals surface area contributed by atoms with E-state index in [4.69, 9.17) is 0 Å². The molecule has 2 heterocycles. The maximum absolute atomic E-state index is 13.0. The first-order valence-corrected chi connectivity index (χ1v) is 9.39. The number of halogens is 1. The van der Waals surface area contributed by atoms with Gasteiger partial charge in [0.15, 0.2) is 0 Å². The second kappa shape index (κ2) is 8.11. The van der Waals surface area contributed by atoms with Crippen molar-refractivity contribution in [3.8, 4) is 5.69 Å². The van der Waals surface area contributed by atoms with Gasteiger partial charge in [-0.05, 0) is 31.5 Å². The van der Waals surface area contributed by atoms with Gasteiger partial charge < -0.3 is 5.32 Å². The SMILES string of the molecule is CCCN(C1CCNC1)S(=O)(=O)c1cnn(-c2ccccc2)c1.Cl. The molecular weight excluding hydrogens is 348 g/mol. The van der Waals surface area contributed by atoms with Gasteiger partial charge in [-0.2, -0.15) is 9.40 Å². The number of hydrogen-bond acceptors (Lipinski definition) is 4. The highest BCUT2D eigenvalue weighted by Gasteiger charge is 2.33. The average molecular weight is 371 g/mol. The molecule has 6 nitrogen and oxygen atoms in total. The number of para-hydroxylation sites is 1. The van der Waals surface area contributed by atoms with E-state index >= 15 is 0 Å². The molecule has 1 aromatic heterocycles. The van der Waals surface area contributed by atoms with E-state index in [2.05, 4.69) is 10.4 Å². The highest BCUT2D eigenvalue weighted by atomic mass is 35.5. The van der Waals surface area contributed by atoms with E-state index in [1.54, 1.807) is 15.2 Å². The molecule has 132 valence electrons. The molecule has 0 aliphatic carbocycles. The largest absolute Gasteiger partial charge is 0.315 e. The van der Waals surface area contributed by atoms with E-state index in [9.17, 15) is 8.42 Å². The molecule has 2 aromatic rings. The first kappa shape index (κ1) is 18.9. The lowest BCUT2D eigenvalue weighted by molar-refractivity contribution is 0.335. The van der Waals surface area contributed by atoms with Crippen molar-refractivity contribution in [1.29, 1.82) is 0 Å². The van der Waals surface area contributed by atoms with Crippen molar-refractivity contribution < 1.29 is 8.42 Å². The topological polar surface area (TPSA) is 67.2 Å². The number of hydrogen-bond donors (Lipinski definition) is 1. The van der Waals surface area contributed by atoms with Crippen LogP contribution in [0.5, 0.6) is 0 Å². The summed E-state index contributed by atoms with van der Waals surface area (Å²) in [4.78, 5) is 0.252. The van der Waals surface area contributed by atoms with Gasteiger partial charge in [-0.15, -0.1) is 12.4 Å². The van der Waals surface area contributed by atoms with Gasteiger partial charge in [-0.1, -0.05) is 25.1 Å². The summed E-state index contributed by atoms with van der Waals surface area (Å²) < 4.78 is 29.2. The Morgan fingerprint density at radius 2 is 2.08 bits per heavy atom. The first-order valence-electron chi connectivity index (χ1n) is 7.95. The lowest BCUT2D eigenvalue weighted by Crippen LogP contribution is -2.41. The summed E-state index contributed by atoms with van der Waals surface area (Å²) in [5.41, 5.74) is 0.846. The summed E-state index contributed by atoms with van der Waals surface area (Å²) >= 11 is 0. The van der Waals surface area contributed by atoms with E-state index in [1.165, 1.54) is 6.20 Å². The molecule has 0 bridgehead atoms. The molecule has 1 fully saturated rings. The van der Waals surface area contributed by atoms with Crippen LogP contribution in [0.3, 0.4) is 0 Å². The first-order chi connectivity index (χ1) is 11.1. The molecule has 0 spiro atoms. The van der Waals surface area contributed by atoms with E-state index < -0.39 is 10.0 Å². The van der Waals surface area contributed by atoms with Gasteiger partial charge in [0, 0.05) is 19.1 Å². The van der Waals surface area contributed by atoms with Crippen LogP contribution in [-0.2, 0) is 10.0 Å². The van der Waals surface area contributed by atoms with Gasteiger partial charge in [-0.3, -0.25) is 0 Å². The van der Waals surface area contributed by atoms with Crippen LogP contribution in [0.15, 0.2) is 47.6 Å². The third-order valence-corrected chi connectivity index (χ3v) is 5.98. The van der Waals surface area contributed by atoms with E-state index in [0.717, 1.165) is 25.1 Å². The number of aromatic nitrogens is 2. The fraction of sp³-hybridized carbons (Fsp3) is 0.438. The van der Waals surface area contributed by atoms with Crippen LogP contribution < -0.4 is 5.32 Å². The van der Waals surface area contributed by atoms with Gasteiger partial charge in [0.25, 0.3) is 0 Å². The zero-order chi connectivity index (χ0) is 16.3. The van der Waals surface area contributed by atoms with E-state index in [1.807, 2.05) is 37.3 Å². The summed E-state index contributed by atoms with van der Waals surface area (Å²) in [6.07, 6.45) is 4.68. The maximum Gasteiger partial charge on any atom is 0.246 e.